The molecule has 0 radical (unpaired) electrons. The lowest BCUT2D eigenvalue weighted by Crippen LogP contribution is -2.17. The topological polar surface area (TPSA) is 95.6 Å². The normalized spacial score (nSPS) is 10.2. The first-order valence-corrected chi connectivity index (χ1v) is 6.69. The monoisotopic (exact) mass is 294 g/mol. The summed E-state index contributed by atoms with van der Waals surface area (Å²) in [6.45, 7) is 0. The van der Waals surface area contributed by atoms with E-state index in [1.807, 2.05) is 36.4 Å². The van der Waals surface area contributed by atoms with Crippen LogP contribution < -0.4 is 10.6 Å². The predicted molar refractivity (Wildman–Crippen MR) is 82.7 cm³/mol. The molecule has 0 unspecified atom stereocenters. The van der Waals surface area contributed by atoms with E-state index in [0.717, 1.165) is 11.3 Å². The molecule has 3 aromatic rings. The van der Waals surface area contributed by atoms with Crippen LogP contribution in [-0.2, 0) is 0 Å². The van der Waals surface area contributed by atoms with Crippen molar-refractivity contribution in [2.45, 2.75) is 0 Å². The number of anilines is 2. The smallest absolute Gasteiger partial charge is 0.269 e. The van der Waals surface area contributed by atoms with Crippen molar-refractivity contribution in [1.29, 1.82) is 0 Å². The molecule has 22 heavy (non-hydrogen) atoms. The number of H-pyrrole nitrogens is 1. The average molecular weight is 294 g/mol. The number of rotatable bonds is 4. The molecule has 0 spiro atoms. The fourth-order valence-electron chi connectivity index (χ4n) is 1.94. The highest BCUT2D eigenvalue weighted by molar-refractivity contribution is 5.92. The van der Waals surface area contributed by atoms with Gasteiger partial charge in [0.1, 0.15) is 5.69 Å². The van der Waals surface area contributed by atoms with Crippen molar-refractivity contribution in [3.8, 4) is 11.3 Å². The molecular weight excluding hydrogens is 280 g/mol. The lowest BCUT2D eigenvalue weighted by atomic mass is 10.1. The SMILES string of the molecule is CNC(=O)c1cc(Nc2nccc(-c3ccccc3)n2)n[nH]1. The second-order valence-corrected chi connectivity index (χ2v) is 4.50. The number of carbonyl (C=O) groups excluding carboxylic acids is 1. The number of amides is 1. The molecule has 0 fully saturated rings. The van der Waals surface area contributed by atoms with Gasteiger partial charge in [0.15, 0.2) is 5.82 Å². The summed E-state index contributed by atoms with van der Waals surface area (Å²) in [5.41, 5.74) is 2.17. The Labute approximate surface area is 126 Å². The first-order chi connectivity index (χ1) is 10.8. The molecule has 2 aromatic heterocycles. The van der Waals surface area contributed by atoms with Crippen LogP contribution in [0.5, 0.6) is 0 Å². The summed E-state index contributed by atoms with van der Waals surface area (Å²) in [7, 11) is 1.56. The van der Waals surface area contributed by atoms with Crippen LogP contribution >= 0.6 is 0 Å². The zero-order valence-electron chi connectivity index (χ0n) is 11.9. The summed E-state index contributed by atoms with van der Waals surface area (Å²) in [4.78, 5) is 20.1. The van der Waals surface area contributed by atoms with Gasteiger partial charge in [0.25, 0.3) is 5.91 Å². The summed E-state index contributed by atoms with van der Waals surface area (Å²) >= 11 is 0. The molecule has 0 aliphatic carbocycles. The number of aromatic nitrogens is 4. The highest BCUT2D eigenvalue weighted by atomic mass is 16.1. The van der Waals surface area contributed by atoms with Gasteiger partial charge in [-0.1, -0.05) is 30.3 Å². The largest absolute Gasteiger partial charge is 0.354 e. The number of benzene rings is 1. The number of carbonyl (C=O) groups is 1. The number of nitrogens with one attached hydrogen (secondary N) is 3. The van der Waals surface area contributed by atoms with Crippen molar-refractivity contribution >= 4 is 17.7 Å². The van der Waals surface area contributed by atoms with E-state index in [1.54, 1.807) is 19.3 Å². The Morgan fingerprint density at radius 1 is 1.18 bits per heavy atom. The molecule has 110 valence electrons. The van der Waals surface area contributed by atoms with Crippen LogP contribution in [0.2, 0.25) is 0 Å². The third-order valence-corrected chi connectivity index (χ3v) is 3.01. The highest BCUT2D eigenvalue weighted by Gasteiger charge is 2.09. The second kappa shape index (κ2) is 6.04. The van der Waals surface area contributed by atoms with E-state index in [9.17, 15) is 4.79 Å². The molecule has 7 nitrogen and oxygen atoms in total. The van der Waals surface area contributed by atoms with Gasteiger partial charge >= 0.3 is 0 Å². The van der Waals surface area contributed by atoms with E-state index in [1.165, 1.54) is 0 Å². The molecule has 0 aliphatic heterocycles. The summed E-state index contributed by atoms with van der Waals surface area (Å²) in [6, 6.07) is 13.2. The fourth-order valence-corrected chi connectivity index (χ4v) is 1.94. The van der Waals surface area contributed by atoms with Crippen molar-refractivity contribution in [2.24, 2.45) is 0 Å². The standard InChI is InChI=1S/C15H14N6O/c1-16-14(22)12-9-13(21-20-12)19-15-17-8-7-11(18-15)10-5-3-2-4-6-10/h2-9H,1H3,(H,16,22)(H2,17,18,19,20,21). The average Bonchev–Trinajstić information content (AvgIpc) is 3.04. The van der Waals surface area contributed by atoms with Crippen LogP contribution in [0.25, 0.3) is 11.3 Å². The van der Waals surface area contributed by atoms with E-state index >= 15 is 0 Å². The molecule has 0 saturated carbocycles. The summed E-state index contributed by atoms with van der Waals surface area (Å²) < 4.78 is 0. The lowest BCUT2D eigenvalue weighted by molar-refractivity contribution is 0.0958. The predicted octanol–water partition coefficient (Wildman–Crippen LogP) is 1.97. The Morgan fingerprint density at radius 3 is 2.77 bits per heavy atom. The van der Waals surface area contributed by atoms with Gasteiger partial charge in [0, 0.05) is 24.9 Å². The van der Waals surface area contributed by atoms with Crippen LogP contribution in [0.15, 0.2) is 48.7 Å². The molecule has 1 amide bonds. The van der Waals surface area contributed by atoms with Gasteiger partial charge in [-0.3, -0.25) is 9.89 Å². The molecule has 0 bridgehead atoms. The molecule has 3 N–H and O–H groups in total. The van der Waals surface area contributed by atoms with E-state index < -0.39 is 0 Å². The minimum Gasteiger partial charge on any atom is -0.354 e. The first kappa shape index (κ1) is 13.7. The van der Waals surface area contributed by atoms with Gasteiger partial charge in [-0.25, -0.2) is 9.97 Å². The van der Waals surface area contributed by atoms with Crippen molar-refractivity contribution in [3.05, 3.63) is 54.4 Å². The first-order valence-electron chi connectivity index (χ1n) is 6.69. The molecule has 3 rings (SSSR count). The maximum Gasteiger partial charge on any atom is 0.269 e. The molecule has 0 atom stereocenters. The maximum atomic E-state index is 11.5. The second-order valence-electron chi connectivity index (χ2n) is 4.50. The van der Waals surface area contributed by atoms with Crippen LogP contribution in [0.4, 0.5) is 11.8 Å². The summed E-state index contributed by atoms with van der Waals surface area (Å²) in [6.07, 6.45) is 1.67. The molecule has 0 aliphatic rings. The van der Waals surface area contributed by atoms with Gasteiger partial charge in [-0.2, -0.15) is 5.10 Å². The van der Waals surface area contributed by atoms with Gasteiger partial charge in [0.05, 0.1) is 5.69 Å². The number of hydrogen-bond donors (Lipinski definition) is 3. The van der Waals surface area contributed by atoms with Gasteiger partial charge < -0.3 is 10.6 Å². The Morgan fingerprint density at radius 2 is 2.00 bits per heavy atom. The molecule has 1 aromatic carbocycles. The summed E-state index contributed by atoms with van der Waals surface area (Å²) in [5, 5.41) is 12.1. The van der Waals surface area contributed by atoms with Gasteiger partial charge in [0.2, 0.25) is 5.95 Å². The molecule has 2 heterocycles. The van der Waals surface area contributed by atoms with E-state index in [0.29, 0.717) is 17.5 Å². The number of nitrogens with zero attached hydrogens (tertiary/aromatic N) is 3. The maximum absolute atomic E-state index is 11.5. The molecule has 7 heteroatoms. The van der Waals surface area contributed by atoms with Crippen molar-refractivity contribution in [2.75, 3.05) is 12.4 Å². The Balaban J connectivity index is 1.81. The third kappa shape index (κ3) is 2.93. The molecule has 0 saturated heterocycles. The molecular formula is C15H14N6O. The highest BCUT2D eigenvalue weighted by Crippen LogP contribution is 2.18. The number of hydrogen-bond acceptors (Lipinski definition) is 5. The van der Waals surface area contributed by atoms with Crippen molar-refractivity contribution in [1.82, 2.24) is 25.5 Å². The van der Waals surface area contributed by atoms with Gasteiger partial charge in [-0.15, -0.1) is 0 Å². The van der Waals surface area contributed by atoms with E-state index in [-0.39, 0.29) is 5.91 Å². The lowest BCUT2D eigenvalue weighted by Gasteiger charge is -2.04. The van der Waals surface area contributed by atoms with Crippen LogP contribution in [0, 0.1) is 0 Å². The fraction of sp³-hybridized carbons (Fsp3) is 0.0667. The minimum absolute atomic E-state index is 0.237. The van der Waals surface area contributed by atoms with Crippen LogP contribution in [0.3, 0.4) is 0 Å². The zero-order chi connectivity index (χ0) is 15.4. The quantitative estimate of drug-likeness (QED) is 0.683. The Kier molecular flexibility index (Phi) is 3.78. The zero-order valence-corrected chi connectivity index (χ0v) is 11.9. The van der Waals surface area contributed by atoms with Crippen molar-refractivity contribution < 1.29 is 4.79 Å². The van der Waals surface area contributed by atoms with Crippen LogP contribution in [-0.4, -0.2) is 33.1 Å². The Hall–Kier alpha value is -3.22. The Bertz CT molecular complexity index is 783. The van der Waals surface area contributed by atoms with E-state index in [2.05, 4.69) is 30.8 Å². The van der Waals surface area contributed by atoms with Crippen LogP contribution in [0.1, 0.15) is 10.5 Å². The summed E-state index contributed by atoms with van der Waals surface area (Å²) in [5.74, 6) is 0.652. The van der Waals surface area contributed by atoms with Gasteiger partial charge in [-0.05, 0) is 6.07 Å². The minimum atomic E-state index is -0.237. The third-order valence-electron chi connectivity index (χ3n) is 3.01. The van der Waals surface area contributed by atoms with Crippen molar-refractivity contribution in [3.63, 3.8) is 0 Å². The number of aromatic amines is 1. The van der Waals surface area contributed by atoms with E-state index in [4.69, 9.17) is 0 Å².